The average Bonchev–Trinajstić information content (AvgIpc) is 2.39. The fourth-order valence-corrected chi connectivity index (χ4v) is 2.22. The van der Waals surface area contributed by atoms with Crippen LogP contribution in [0.1, 0.15) is 18.4 Å². The molecule has 1 aliphatic heterocycles. The predicted molar refractivity (Wildman–Crippen MR) is 67.9 cm³/mol. The highest BCUT2D eigenvalue weighted by atomic mass is 15.2. The van der Waals surface area contributed by atoms with Gasteiger partial charge in [0.05, 0.1) is 5.56 Å². The van der Waals surface area contributed by atoms with Crippen LogP contribution in [0.3, 0.4) is 0 Å². The van der Waals surface area contributed by atoms with Crippen LogP contribution in [0.4, 0.5) is 5.82 Å². The first-order chi connectivity index (χ1) is 8.20. The minimum Gasteiger partial charge on any atom is -0.355 e. The maximum absolute atomic E-state index is 8.74. The van der Waals surface area contributed by atoms with Crippen LogP contribution in [-0.2, 0) is 0 Å². The van der Waals surface area contributed by atoms with Gasteiger partial charge in [-0.3, -0.25) is 0 Å². The second kappa shape index (κ2) is 5.15. The van der Waals surface area contributed by atoms with Crippen molar-refractivity contribution in [2.45, 2.75) is 18.9 Å². The van der Waals surface area contributed by atoms with Gasteiger partial charge in [-0.1, -0.05) is 0 Å². The topological polar surface area (TPSA) is 43.2 Å². The summed E-state index contributed by atoms with van der Waals surface area (Å²) in [6.07, 6.45) is 4.10. The smallest absolute Gasteiger partial charge is 0.128 e. The fraction of sp³-hybridized carbons (Fsp3) is 0.538. The second-order valence-electron chi connectivity index (χ2n) is 4.72. The zero-order valence-electron chi connectivity index (χ0n) is 10.4. The van der Waals surface area contributed by atoms with Gasteiger partial charge in [-0.2, -0.15) is 5.26 Å². The zero-order valence-corrected chi connectivity index (χ0v) is 10.4. The fourth-order valence-electron chi connectivity index (χ4n) is 2.22. The van der Waals surface area contributed by atoms with Crippen LogP contribution in [0.2, 0.25) is 0 Å². The number of anilines is 1. The molecule has 2 rings (SSSR count). The van der Waals surface area contributed by atoms with Crippen molar-refractivity contribution in [3.05, 3.63) is 23.9 Å². The van der Waals surface area contributed by atoms with E-state index in [2.05, 4.69) is 34.9 Å². The van der Waals surface area contributed by atoms with Crippen molar-refractivity contribution in [1.29, 1.82) is 5.26 Å². The Morgan fingerprint density at radius 3 is 2.88 bits per heavy atom. The molecule has 17 heavy (non-hydrogen) atoms. The van der Waals surface area contributed by atoms with E-state index in [9.17, 15) is 0 Å². The molecule has 90 valence electrons. The van der Waals surface area contributed by atoms with Gasteiger partial charge in [-0.05, 0) is 39.1 Å². The van der Waals surface area contributed by atoms with Crippen molar-refractivity contribution < 1.29 is 0 Å². The summed E-state index contributed by atoms with van der Waals surface area (Å²) in [7, 11) is 4.25. The third-order valence-electron chi connectivity index (χ3n) is 3.33. The molecule has 0 amide bonds. The molecule has 0 bridgehead atoms. The van der Waals surface area contributed by atoms with Crippen molar-refractivity contribution in [3.63, 3.8) is 0 Å². The third-order valence-corrected chi connectivity index (χ3v) is 3.33. The van der Waals surface area contributed by atoms with Crippen LogP contribution >= 0.6 is 0 Å². The largest absolute Gasteiger partial charge is 0.355 e. The van der Waals surface area contributed by atoms with Crippen molar-refractivity contribution in [2.24, 2.45) is 0 Å². The average molecular weight is 230 g/mol. The standard InChI is InChI=1S/C13H18N4/c1-16(2)12-4-3-7-17(10-12)13-6-5-11(8-14)9-15-13/h5-6,9,12H,3-4,7,10H2,1-2H3. The molecule has 1 aliphatic rings. The number of nitrogens with zero attached hydrogens (tertiary/aromatic N) is 4. The molecule has 1 atom stereocenters. The van der Waals surface area contributed by atoms with Crippen LogP contribution in [-0.4, -0.2) is 43.1 Å². The Kier molecular flexibility index (Phi) is 3.60. The Labute approximate surface area is 102 Å². The molecule has 0 aliphatic carbocycles. The Hall–Kier alpha value is -1.60. The van der Waals surface area contributed by atoms with E-state index in [-0.39, 0.29) is 0 Å². The number of hydrogen-bond acceptors (Lipinski definition) is 4. The van der Waals surface area contributed by atoms with Crippen LogP contribution < -0.4 is 4.90 Å². The Bertz CT molecular complexity index is 404. The lowest BCUT2D eigenvalue weighted by atomic mass is 10.0. The molecule has 1 unspecified atom stereocenters. The Morgan fingerprint density at radius 2 is 2.29 bits per heavy atom. The number of piperidine rings is 1. The lowest BCUT2D eigenvalue weighted by molar-refractivity contribution is 0.257. The molecule has 1 aromatic rings. The van der Waals surface area contributed by atoms with Crippen LogP contribution in [0.5, 0.6) is 0 Å². The van der Waals surface area contributed by atoms with Gasteiger partial charge in [0.1, 0.15) is 11.9 Å². The summed E-state index contributed by atoms with van der Waals surface area (Å²) in [5.74, 6) is 0.982. The SMILES string of the molecule is CN(C)C1CCCN(c2ccc(C#N)cn2)C1. The van der Waals surface area contributed by atoms with E-state index < -0.39 is 0 Å². The quantitative estimate of drug-likeness (QED) is 0.772. The van der Waals surface area contributed by atoms with Gasteiger partial charge in [0.25, 0.3) is 0 Å². The highest BCUT2D eigenvalue weighted by Gasteiger charge is 2.21. The summed E-state index contributed by atoms with van der Waals surface area (Å²) in [5.41, 5.74) is 0.620. The summed E-state index contributed by atoms with van der Waals surface area (Å²) in [4.78, 5) is 8.93. The predicted octanol–water partition coefficient (Wildman–Crippen LogP) is 1.48. The molecule has 4 nitrogen and oxygen atoms in total. The zero-order chi connectivity index (χ0) is 12.3. The number of pyridine rings is 1. The molecule has 1 saturated heterocycles. The van der Waals surface area contributed by atoms with E-state index in [0.717, 1.165) is 18.9 Å². The number of likely N-dealkylation sites (N-methyl/N-ethyl adjacent to an activating group) is 1. The molecule has 1 aromatic heterocycles. The first kappa shape index (κ1) is 11.9. The number of nitriles is 1. The van der Waals surface area contributed by atoms with E-state index >= 15 is 0 Å². The molecule has 0 saturated carbocycles. The van der Waals surface area contributed by atoms with Crippen molar-refractivity contribution in [1.82, 2.24) is 9.88 Å². The summed E-state index contributed by atoms with van der Waals surface area (Å²) < 4.78 is 0. The van der Waals surface area contributed by atoms with E-state index in [0.29, 0.717) is 11.6 Å². The molecule has 0 aromatic carbocycles. The maximum atomic E-state index is 8.74. The first-order valence-electron chi connectivity index (χ1n) is 5.98. The maximum Gasteiger partial charge on any atom is 0.128 e. The van der Waals surface area contributed by atoms with Gasteiger partial charge in [-0.15, -0.1) is 0 Å². The van der Waals surface area contributed by atoms with Crippen LogP contribution in [0.25, 0.3) is 0 Å². The van der Waals surface area contributed by atoms with Gasteiger partial charge >= 0.3 is 0 Å². The normalized spacial score (nSPS) is 20.4. The van der Waals surface area contributed by atoms with Crippen molar-refractivity contribution in [2.75, 3.05) is 32.1 Å². The molecule has 4 heteroatoms. The Morgan fingerprint density at radius 1 is 1.47 bits per heavy atom. The molecule has 1 fully saturated rings. The number of hydrogen-bond donors (Lipinski definition) is 0. The lowest BCUT2D eigenvalue weighted by Gasteiger charge is -2.36. The molecule has 0 N–H and O–H groups in total. The molecule has 0 radical (unpaired) electrons. The molecular formula is C13H18N4. The van der Waals surface area contributed by atoms with E-state index in [1.807, 2.05) is 12.1 Å². The number of aromatic nitrogens is 1. The van der Waals surface area contributed by atoms with Crippen LogP contribution in [0, 0.1) is 11.3 Å². The summed E-state index contributed by atoms with van der Waals surface area (Å²) >= 11 is 0. The molecule has 2 heterocycles. The van der Waals surface area contributed by atoms with Gasteiger partial charge in [0.15, 0.2) is 0 Å². The lowest BCUT2D eigenvalue weighted by Crippen LogP contribution is -2.45. The third kappa shape index (κ3) is 2.75. The highest BCUT2D eigenvalue weighted by molar-refractivity contribution is 5.42. The molecular weight excluding hydrogens is 212 g/mol. The van der Waals surface area contributed by atoms with Gasteiger partial charge in [-0.25, -0.2) is 4.98 Å². The van der Waals surface area contributed by atoms with E-state index in [1.54, 1.807) is 6.20 Å². The summed E-state index contributed by atoms with van der Waals surface area (Å²) in [6.45, 7) is 2.08. The monoisotopic (exact) mass is 230 g/mol. The highest BCUT2D eigenvalue weighted by Crippen LogP contribution is 2.19. The van der Waals surface area contributed by atoms with Crippen LogP contribution in [0.15, 0.2) is 18.3 Å². The molecule has 0 spiro atoms. The minimum absolute atomic E-state index is 0.598. The van der Waals surface area contributed by atoms with Gasteiger partial charge in [0.2, 0.25) is 0 Å². The number of rotatable bonds is 2. The van der Waals surface area contributed by atoms with E-state index in [1.165, 1.54) is 12.8 Å². The van der Waals surface area contributed by atoms with Gasteiger partial charge in [0, 0.05) is 25.3 Å². The van der Waals surface area contributed by atoms with E-state index in [4.69, 9.17) is 5.26 Å². The van der Waals surface area contributed by atoms with Gasteiger partial charge < -0.3 is 9.80 Å². The Balaban J connectivity index is 2.08. The minimum atomic E-state index is 0.598. The summed E-state index contributed by atoms with van der Waals surface area (Å²) in [6, 6.07) is 6.47. The van der Waals surface area contributed by atoms with Crippen molar-refractivity contribution in [3.8, 4) is 6.07 Å². The summed E-state index contributed by atoms with van der Waals surface area (Å²) in [5, 5.41) is 8.74. The first-order valence-corrected chi connectivity index (χ1v) is 5.98. The van der Waals surface area contributed by atoms with Crippen molar-refractivity contribution >= 4 is 5.82 Å². The second-order valence-corrected chi connectivity index (χ2v) is 4.72.